The Bertz CT molecular complexity index is 1300. The van der Waals surface area contributed by atoms with Crippen molar-refractivity contribution in [1.29, 1.82) is 0 Å². The molecule has 0 bridgehead atoms. The standard InChI is InChI=1S/C26H31N3O5S/c1-26(2,3)34-25(30)29-16-15-28-18-21(20-12-8-9-13-23(20)33-4)27-24(28)22(29)14-17-35(31,32)19-10-6-5-7-11-19/h5-13,18,22H,14-17H2,1-4H3. The Morgan fingerprint density at radius 1 is 1.06 bits per heavy atom. The van der Waals surface area contributed by atoms with Gasteiger partial charge in [-0.3, -0.25) is 4.90 Å². The molecule has 2 aromatic carbocycles. The molecule has 0 fully saturated rings. The SMILES string of the molecule is COc1ccccc1-c1cn2c(n1)C(CCS(=O)(=O)c1ccccc1)N(C(=O)OC(C)(C)C)CC2. The van der Waals surface area contributed by atoms with Crippen LogP contribution in [0.3, 0.4) is 0 Å². The number of sulfone groups is 1. The van der Waals surface area contributed by atoms with Crippen LogP contribution in [0.15, 0.2) is 65.7 Å². The van der Waals surface area contributed by atoms with Crippen LogP contribution in [-0.4, -0.2) is 54.0 Å². The first-order valence-corrected chi connectivity index (χ1v) is 13.2. The fourth-order valence-corrected chi connectivity index (χ4v) is 5.55. The molecule has 35 heavy (non-hydrogen) atoms. The van der Waals surface area contributed by atoms with Crippen LogP contribution in [0.5, 0.6) is 5.75 Å². The summed E-state index contributed by atoms with van der Waals surface area (Å²) in [6.07, 6.45) is 1.64. The number of fused-ring (bicyclic) bond motifs is 1. The van der Waals surface area contributed by atoms with Crippen molar-refractivity contribution >= 4 is 15.9 Å². The molecule has 1 atom stereocenters. The average molecular weight is 498 g/mol. The van der Waals surface area contributed by atoms with Gasteiger partial charge < -0.3 is 14.0 Å². The topological polar surface area (TPSA) is 90.7 Å². The maximum atomic E-state index is 13.1. The van der Waals surface area contributed by atoms with Gasteiger partial charge in [-0.25, -0.2) is 18.2 Å². The first-order valence-electron chi connectivity index (χ1n) is 11.6. The van der Waals surface area contributed by atoms with Crippen molar-refractivity contribution in [3.05, 3.63) is 66.6 Å². The highest BCUT2D eigenvalue weighted by Gasteiger charge is 2.36. The first-order chi connectivity index (χ1) is 16.6. The summed E-state index contributed by atoms with van der Waals surface area (Å²) in [5.41, 5.74) is 0.864. The lowest BCUT2D eigenvalue weighted by atomic mass is 10.1. The number of hydrogen-bond acceptors (Lipinski definition) is 6. The highest BCUT2D eigenvalue weighted by Crippen LogP contribution is 2.35. The normalized spacial score (nSPS) is 16.0. The van der Waals surface area contributed by atoms with Crippen LogP contribution in [0.2, 0.25) is 0 Å². The van der Waals surface area contributed by atoms with Gasteiger partial charge in [0.15, 0.2) is 9.84 Å². The van der Waals surface area contributed by atoms with Crippen LogP contribution in [-0.2, 0) is 21.1 Å². The maximum Gasteiger partial charge on any atom is 0.410 e. The van der Waals surface area contributed by atoms with Gasteiger partial charge >= 0.3 is 6.09 Å². The monoisotopic (exact) mass is 497 g/mol. The first kappa shape index (κ1) is 24.8. The molecule has 9 heteroatoms. The molecule has 1 aromatic heterocycles. The molecule has 0 saturated heterocycles. The largest absolute Gasteiger partial charge is 0.496 e. The molecule has 0 spiro atoms. The van der Waals surface area contributed by atoms with E-state index in [1.54, 1.807) is 42.3 Å². The lowest BCUT2D eigenvalue weighted by molar-refractivity contribution is 0.00954. The number of imidazole rings is 1. The van der Waals surface area contributed by atoms with Crippen LogP contribution in [0, 0.1) is 0 Å². The van der Waals surface area contributed by atoms with Crippen LogP contribution in [0.4, 0.5) is 4.79 Å². The zero-order valence-electron chi connectivity index (χ0n) is 20.5. The zero-order chi connectivity index (χ0) is 25.2. The Kier molecular flexibility index (Phi) is 6.89. The molecule has 0 radical (unpaired) electrons. The van der Waals surface area contributed by atoms with Gasteiger partial charge in [-0.1, -0.05) is 30.3 Å². The van der Waals surface area contributed by atoms with Crippen LogP contribution < -0.4 is 4.74 Å². The number of ether oxygens (including phenoxy) is 2. The summed E-state index contributed by atoms with van der Waals surface area (Å²) in [5, 5.41) is 0. The highest BCUT2D eigenvalue weighted by molar-refractivity contribution is 7.91. The molecule has 1 aliphatic heterocycles. The summed E-state index contributed by atoms with van der Waals surface area (Å²) in [6, 6.07) is 15.4. The minimum atomic E-state index is -3.54. The molecule has 4 rings (SSSR count). The number of carbonyl (C=O) groups is 1. The van der Waals surface area contributed by atoms with E-state index in [4.69, 9.17) is 14.5 Å². The van der Waals surface area contributed by atoms with Crippen molar-refractivity contribution in [2.45, 2.75) is 50.3 Å². The number of rotatable bonds is 6. The predicted molar refractivity (Wildman–Crippen MR) is 133 cm³/mol. The van der Waals surface area contributed by atoms with Crippen molar-refractivity contribution in [3.63, 3.8) is 0 Å². The van der Waals surface area contributed by atoms with Crippen LogP contribution >= 0.6 is 0 Å². The molecule has 0 saturated carbocycles. The average Bonchev–Trinajstić information content (AvgIpc) is 3.26. The molecule has 0 N–H and O–H groups in total. The lowest BCUT2D eigenvalue weighted by Gasteiger charge is -2.36. The van der Waals surface area contributed by atoms with Gasteiger partial charge in [0.05, 0.1) is 29.5 Å². The summed E-state index contributed by atoms with van der Waals surface area (Å²) in [7, 11) is -1.93. The third kappa shape index (κ3) is 5.51. The third-order valence-corrected chi connectivity index (χ3v) is 7.60. The Hall–Kier alpha value is -3.33. The number of amides is 1. The van der Waals surface area contributed by atoms with Gasteiger partial charge in [-0.05, 0) is 51.5 Å². The quantitative estimate of drug-likeness (QED) is 0.490. The van der Waals surface area contributed by atoms with Crippen LogP contribution in [0.1, 0.15) is 39.1 Å². The van der Waals surface area contributed by atoms with Crippen molar-refractivity contribution in [2.24, 2.45) is 0 Å². The number of para-hydroxylation sites is 1. The van der Waals surface area contributed by atoms with E-state index in [0.717, 1.165) is 5.56 Å². The number of aromatic nitrogens is 2. The second-order valence-corrected chi connectivity index (χ2v) is 11.6. The molecule has 1 amide bonds. The predicted octanol–water partition coefficient (Wildman–Crippen LogP) is 4.71. The summed E-state index contributed by atoms with van der Waals surface area (Å²) >= 11 is 0. The Morgan fingerprint density at radius 3 is 2.43 bits per heavy atom. The van der Waals surface area contributed by atoms with Gasteiger partial charge in [-0.2, -0.15) is 0 Å². The minimum absolute atomic E-state index is 0.127. The van der Waals surface area contributed by atoms with Crippen molar-refractivity contribution in [1.82, 2.24) is 14.5 Å². The highest BCUT2D eigenvalue weighted by atomic mass is 32.2. The van der Waals surface area contributed by atoms with Gasteiger partial charge in [0, 0.05) is 24.8 Å². The molecule has 8 nitrogen and oxygen atoms in total. The Morgan fingerprint density at radius 2 is 1.74 bits per heavy atom. The van der Waals surface area contributed by atoms with E-state index in [0.29, 0.717) is 30.4 Å². The van der Waals surface area contributed by atoms with Crippen molar-refractivity contribution in [3.8, 4) is 17.0 Å². The fraction of sp³-hybridized carbons (Fsp3) is 0.385. The third-order valence-electron chi connectivity index (χ3n) is 5.84. The van der Waals surface area contributed by atoms with Gasteiger partial charge in [-0.15, -0.1) is 0 Å². The second-order valence-electron chi connectivity index (χ2n) is 9.49. The van der Waals surface area contributed by atoms with E-state index in [2.05, 4.69) is 0 Å². The van der Waals surface area contributed by atoms with Crippen molar-refractivity contribution in [2.75, 3.05) is 19.4 Å². The van der Waals surface area contributed by atoms with E-state index in [9.17, 15) is 13.2 Å². The summed E-state index contributed by atoms with van der Waals surface area (Å²) in [6.45, 7) is 6.34. The molecular weight excluding hydrogens is 466 g/mol. The van der Waals surface area contributed by atoms with E-state index in [1.807, 2.05) is 55.8 Å². The number of carbonyl (C=O) groups excluding carboxylic acids is 1. The number of hydrogen-bond donors (Lipinski definition) is 0. The summed E-state index contributed by atoms with van der Waals surface area (Å²) in [5.74, 6) is 1.19. The molecule has 1 unspecified atom stereocenters. The number of benzene rings is 2. The Labute approximate surface area is 206 Å². The maximum absolute atomic E-state index is 13.1. The van der Waals surface area contributed by atoms with E-state index in [-0.39, 0.29) is 17.1 Å². The van der Waals surface area contributed by atoms with E-state index in [1.165, 1.54) is 0 Å². The lowest BCUT2D eigenvalue weighted by Crippen LogP contribution is -2.45. The Balaban J connectivity index is 1.69. The zero-order valence-corrected chi connectivity index (χ0v) is 21.3. The minimum Gasteiger partial charge on any atom is -0.496 e. The summed E-state index contributed by atoms with van der Waals surface area (Å²) in [4.78, 5) is 19.8. The molecule has 186 valence electrons. The van der Waals surface area contributed by atoms with Gasteiger partial charge in [0.2, 0.25) is 0 Å². The molecular formula is C26H31N3O5S. The number of methoxy groups -OCH3 is 1. The smallest absolute Gasteiger partial charge is 0.410 e. The summed E-state index contributed by atoms with van der Waals surface area (Å²) < 4.78 is 39.2. The second kappa shape index (κ2) is 9.73. The van der Waals surface area contributed by atoms with Crippen molar-refractivity contribution < 1.29 is 22.7 Å². The molecule has 3 aromatic rings. The van der Waals surface area contributed by atoms with Gasteiger partial charge in [0.1, 0.15) is 17.2 Å². The van der Waals surface area contributed by atoms with Crippen LogP contribution in [0.25, 0.3) is 11.3 Å². The molecule has 1 aliphatic rings. The number of nitrogens with zero attached hydrogens (tertiary/aromatic N) is 3. The van der Waals surface area contributed by atoms with E-state index >= 15 is 0 Å². The molecule has 0 aliphatic carbocycles. The fourth-order valence-electron chi connectivity index (χ4n) is 4.21. The van der Waals surface area contributed by atoms with E-state index < -0.39 is 27.6 Å². The van der Waals surface area contributed by atoms with Gasteiger partial charge in [0.25, 0.3) is 0 Å². The molecule has 2 heterocycles.